The van der Waals surface area contributed by atoms with Gasteiger partial charge in [-0.05, 0) is 28.1 Å². The van der Waals surface area contributed by atoms with Gasteiger partial charge in [-0.3, -0.25) is 0 Å². The van der Waals surface area contributed by atoms with E-state index < -0.39 is 11.6 Å². The maximum atomic E-state index is 12.7. The molecular formula is C7H6BrF2N3. The Labute approximate surface area is 81.5 Å². The SMILES string of the molecule is N/N=C(/N)c1cc(F)c(F)cc1Br. The van der Waals surface area contributed by atoms with Gasteiger partial charge in [-0.25, -0.2) is 8.78 Å². The molecule has 0 aliphatic rings. The smallest absolute Gasteiger partial charge is 0.159 e. The summed E-state index contributed by atoms with van der Waals surface area (Å²) in [6.45, 7) is 0. The number of hydrogen-bond acceptors (Lipinski definition) is 2. The summed E-state index contributed by atoms with van der Waals surface area (Å²) in [4.78, 5) is 0. The van der Waals surface area contributed by atoms with Crippen LogP contribution in [0.2, 0.25) is 0 Å². The largest absolute Gasteiger partial charge is 0.382 e. The predicted molar refractivity (Wildman–Crippen MR) is 49.0 cm³/mol. The normalized spacial score (nSPS) is 11.8. The zero-order valence-corrected chi connectivity index (χ0v) is 7.98. The van der Waals surface area contributed by atoms with Crippen molar-refractivity contribution in [1.29, 1.82) is 0 Å². The lowest BCUT2D eigenvalue weighted by molar-refractivity contribution is 0.507. The zero-order chi connectivity index (χ0) is 10.0. The predicted octanol–water partition coefficient (Wildman–Crippen LogP) is 1.31. The molecule has 6 heteroatoms. The number of amidine groups is 1. The third kappa shape index (κ3) is 1.95. The average Bonchev–Trinajstić information content (AvgIpc) is 2.10. The second-order valence-corrected chi connectivity index (χ2v) is 3.11. The van der Waals surface area contributed by atoms with Crippen molar-refractivity contribution in [2.24, 2.45) is 16.7 Å². The van der Waals surface area contributed by atoms with E-state index in [1.54, 1.807) is 0 Å². The maximum absolute atomic E-state index is 12.7. The minimum atomic E-state index is -0.996. The first kappa shape index (κ1) is 9.91. The van der Waals surface area contributed by atoms with E-state index in [0.717, 1.165) is 12.1 Å². The number of hydrazone groups is 1. The lowest BCUT2D eigenvalue weighted by Gasteiger charge is -2.03. The zero-order valence-electron chi connectivity index (χ0n) is 6.39. The van der Waals surface area contributed by atoms with Crippen LogP contribution in [-0.2, 0) is 0 Å². The molecule has 1 rings (SSSR count). The molecule has 13 heavy (non-hydrogen) atoms. The number of benzene rings is 1. The van der Waals surface area contributed by atoms with Crippen LogP contribution in [0.4, 0.5) is 8.78 Å². The molecule has 0 saturated carbocycles. The van der Waals surface area contributed by atoms with Crippen molar-refractivity contribution in [2.45, 2.75) is 0 Å². The molecule has 0 fully saturated rings. The van der Waals surface area contributed by atoms with Crippen LogP contribution in [-0.4, -0.2) is 5.84 Å². The van der Waals surface area contributed by atoms with E-state index in [0.29, 0.717) is 4.47 Å². The number of halogens is 3. The van der Waals surface area contributed by atoms with Gasteiger partial charge in [0.05, 0.1) is 0 Å². The monoisotopic (exact) mass is 249 g/mol. The van der Waals surface area contributed by atoms with Crippen LogP contribution in [0.25, 0.3) is 0 Å². The molecule has 0 amide bonds. The third-order valence-corrected chi connectivity index (χ3v) is 2.08. The highest BCUT2D eigenvalue weighted by Gasteiger charge is 2.10. The Morgan fingerprint density at radius 2 is 1.85 bits per heavy atom. The summed E-state index contributed by atoms with van der Waals surface area (Å²) in [5.41, 5.74) is 5.54. The Hall–Kier alpha value is -1.17. The van der Waals surface area contributed by atoms with Crippen molar-refractivity contribution < 1.29 is 8.78 Å². The summed E-state index contributed by atoms with van der Waals surface area (Å²) >= 11 is 3.00. The van der Waals surface area contributed by atoms with Crippen molar-refractivity contribution in [2.75, 3.05) is 0 Å². The number of rotatable bonds is 1. The molecule has 4 N–H and O–H groups in total. The minimum absolute atomic E-state index is 0.0641. The number of nitrogens with two attached hydrogens (primary N) is 2. The van der Waals surface area contributed by atoms with E-state index in [4.69, 9.17) is 11.6 Å². The molecule has 0 radical (unpaired) electrons. The van der Waals surface area contributed by atoms with Crippen LogP contribution in [0.5, 0.6) is 0 Å². The van der Waals surface area contributed by atoms with Crippen molar-refractivity contribution in [3.63, 3.8) is 0 Å². The third-order valence-electron chi connectivity index (χ3n) is 1.43. The molecule has 1 aromatic rings. The maximum Gasteiger partial charge on any atom is 0.159 e. The molecule has 0 bridgehead atoms. The molecule has 0 aromatic heterocycles. The summed E-state index contributed by atoms with van der Waals surface area (Å²) in [6.07, 6.45) is 0. The van der Waals surface area contributed by atoms with E-state index >= 15 is 0 Å². The molecule has 3 nitrogen and oxygen atoms in total. The molecule has 0 aliphatic carbocycles. The molecule has 0 saturated heterocycles. The quantitative estimate of drug-likeness (QED) is 0.259. The van der Waals surface area contributed by atoms with Crippen molar-refractivity contribution in [3.05, 3.63) is 33.8 Å². The van der Waals surface area contributed by atoms with E-state index in [-0.39, 0.29) is 11.4 Å². The highest BCUT2D eigenvalue weighted by atomic mass is 79.9. The van der Waals surface area contributed by atoms with Crippen molar-refractivity contribution in [3.8, 4) is 0 Å². The molecular weight excluding hydrogens is 244 g/mol. The number of hydrogen-bond donors (Lipinski definition) is 2. The lowest BCUT2D eigenvalue weighted by atomic mass is 10.2. The van der Waals surface area contributed by atoms with Gasteiger partial charge in [0, 0.05) is 10.0 Å². The first-order valence-corrected chi connectivity index (χ1v) is 4.04. The van der Waals surface area contributed by atoms with Gasteiger partial charge in [0.25, 0.3) is 0 Å². The van der Waals surface area contributed by atoms with Gasteiger partial charge in [-0.15, -0.1) is 0 Å². The Morgan fingerprint density at radius 1 is 1.31 bits per heavy atom. The highest BCUT2D eigenvalue weighted by molar-refractivity contribution is 9.10. The molecule has 0 unspecified atom stereocenters. The minimum Gasteiger partial charge on any atom is -0.382 e. The van der Waals surface area contributed by atoms with Gasteiger partial charge >= 0.3 is 0 Å². The summed E-state index contributed by atoms with van der Waals surface area (Å²) in [5.74, 6) is 2.87. The van der Waals surface area contributed by atoms with Gasteiger partial charge in [0.15, 0.2) is 17.5 Å². The highest BCUT2D eigenvalue weighted by Crippen LogP contribution is 2.20. The van der Waals surface area contributed by atoms with Crippen LogP contribution < -0.4 is 11.6 Å². The molecule has 70 valence electrons. The van der Waals surface area contributed by atoms with Crippen LogP contribution in [0, 0.1) is 11.6 Å². The molecule has 1 aromatic carbocycles. The topological polar surface area (TPSA) is 64.4 Å². The van der Waals surface area contributed by atoms with Gasteiger partial charge in [-0.2, -0.15) is 5.10 Å². The van der Waals surface area contributed by atoms with Gasteiger partial charge in [0.2, 0.25) is 0 Å². The second-order valence-electron chi connectivity index (χ2n) is 2.26. The van der Waals surface area contributed by atoms with Crippen LogP contribution in [0.1, 0.15) is 5.56 Å². The molecule has 0 spiro atoms. The van der Waals surface area contributed by atoms with Crippen molar-refractivity contribution >= 4 is 21.8 Å². The lowest BCUT2D eigenvalue weighted by Crippen LogP contribution is -2.16. The number of nitrogens with zero attached hydrogens (tertiary/aromatic N) is 1. The molecule has 0 heterocycles. The first-order chi connectivity index (χ1) is 6.06. The van der Waals surface area contributed by atoms with Crippen LogP contribution in [0.15, 0.2) is 21.7 Å². The average molecular weight is 250 g/mol. The van der Waals surface area contributed by atoms with E-state index in [1.165, 1.54) is 0 Å². The van der Waals surface area contributed by atoms with Gasteiger partial charge < -0.3 is 11.6 Å². The standard InChI is InChI=1S/C7H6BrF2N3/c8-4-2-6(10)5(9)1-3(4)7(11)13-12/h1-2H,12H2,(H2,11,13). The fourth-order valence-corrected chi connectivity index (χ4v) is 1.31. The van der Waals surface area contributed by atoms with Crippen molar-refractivity contribution in [1.82, 2.24) is 0 Å². The first-order valence-electron chi connectivity index (χ1n) is 3.24. The second kappa shape index (κ2) is 3.69. The van der Waals surface area contributed by atoms with Crippen LogP contribution >= 0.6 is 15.9 Å². The summed E-state index contributed by atoms with van der Waals surface area (Å²) in [5, 5.41) is 3.17. The van der Waals surface area contributed by atoms with E-state index in [9.17, 15) is 8.78 Å². The van der Waals surface area contributed by atoms with Gasteiger partial charge in [0.1, 0.15) is 0 Å². The Kier molecular flexibility index (Phi) is 2.82. The summed E-state index contributed by atoms with van der Waals surface area (Å²) in [7, 11) is 0. The molecule has 0 atom stereocenters. The summed E-state index contributed by atoms with van der Waals surface area (Å²) in [6, 6.07) is 1.88. The fourth-order valence-electron chi connectivity index (χ4n) is 0.788. The van der Waals surface area contributed by atoms with E-state index in [2.05, 4.69) is 21.0 Å². The Bertz CT molecular complexity index is 365. The summed E-state index contributed by atoms with van der Waals surface area (Å²) < 4.78 is 25.6. The van der Waals surface area contributed by atoms with Gasteiger partial charge in [-0.1, -0.05) is 0 Å². The fraction of sp³-hybridized carbons (Fsp3) is 0. The van der Waals surface area contributed by atoms with E-state index in [1.807, 2.05) is 0 Å². The van der Waals surface area contributed by atoms with Crippen LogP contribution in [0.3, 0.4) is 0 Å². The molecule has 0 aliphatic heterocycles. The Morgan fingerprint density at radius 3 is 2.38 bits per heavy atom. The Balaban J connectivity index is 3.32.